The summed E-state index contributed by atoms with van der Waals surface area (Å²) in [7, 11) is 0. The highest BCUT2D eigenvalue weighted by molar-refractivity contribution is 5.88. The average molecular weight is 395 g/mol. The number of unbranched alkanes of at least 4 members (excludes halogenated alkanes) is 5. The van der Waals surface area contributed by atoms with Crippen LogP contribution in [0.25, 0.3) is 0 Å². The lowest BCUT2D eigenvalue weighted by Crippen LogP contribution is -2.32. The molecule has 0 atom stereocenters. The van der Waals surface area contributed by atoms with Gasteiger partial charge < -0.3 is 21.3 Å². The minimum absolute atomic E-state index is 0.00808. The first-order valence-electron chi connectivity index (χ1n) is 10.8. The molecule has 28 heavy (non-hydrogen) atoms. The molecule has 0 heterocycles. The molecule has 6 nitrogen and oxygen atoms in total. The first-order valence-corrected chi connectivity index (χ1v) is 10.8. The maximum absolute atomic E-state index is 12.2. The number of allylic oxidation sites excluding steroid dienone is 2. The quantitative estimate of drug-likeness (QED) is 0.328. The molecule has 0 aliphatic heterocycles. The first-order chi connectivity index (χ1) is 13.3. The van der Waals surface area contributed by atoms with Crippen LogP contribution in [-0.2, 0) is 9.59 Å². The molecule has 162 valence electrons. The number of nitrogens with zero attached hydrogens (tertiary/aromatic N) is 2. The van der Waals surface area contributed by atoms with Gasteiger partial charge in [0.15, 0.2) is 0 Å². The molecule has 0 saturated heterocycles. The fraction of sp³-hybridized carbons (Fsp3) is 0.727. The molecule has 0 radical (unpaired) electrons. The van der Waals surface area contributed by atoms with Gasteiger partial charge in [0.05, 0.1) is 0 Å². The van der Waals surface area contributed by atoms with Crippen molar-refractivity contribution in [1.29, 1.82) is 0 Å². The number of carbonyl (C=O) groups is 2. The van der Waals surface area contributed by atoms with Gasteiger partial charge in [-0.2, -0.15) is 0 Å². The van der Waals surface area contributed by atoms with Gasteiger partial charge in [-0.15, -0.1) is 0 Å². The van der Waals surface area contributed by atoms with E-state index in [2.05, 4.69) is 13.8 Å². The van der Waals surface area contributed by atoms with Gasteiger partial charge in [0.1, 0.15) is 0 Å². The third kappa shape index (κ3) is 13.2. The van der Waals surface area contributed by atoms with E-state index in [1.165, 1.54) is 12.2 Å². The Morgan fingerprint density at radius 1 is 0.643 bits per heavy atom. The lowest BCUT2D eigenvalue weighted by atomic mass is 10.1. The van der Waals surface area contributed by atoms with E-state index in [0.29, 0.717) is 11.4 Å². The first kappa shape index (κ1) is 26.0. The summed E-state index contributed by atoms with van der Waals surface area (Å²) < 4.78 is 0. The Morgan fingerprint density at radius 3 is 1.25 bits per heavy atom. The van der Waals surface area contributed by atoms with Gasteiger partial charge in [-0.25, -0.2) is 0 Å². The van der Waals surface area contributed by atoms with Crippen molar-refractivity contribution >= 4 is 11.8 Å². The fourth-order valence-corrected chi connectivity index (χ4v) is 2.89. The normalized spacial score (nSPS) is 12.1. The molecular formula is C22H42N4O2. The zero-order chi connectivity index (χ0) is 21.4. The van der Waals surface area contributed by atoms with E-state index in [1.54, 1.807) is 13.8 Å². The third-order valence-electron chi connectivity index (χ3n) is 4.49. The molecule has 0 fully saturated rings. The molecule has 0 aliphatic rings. The maximum atomic E-state index is 12.2. The van der Waals surface area contributed by atoms with Crippen molar-refractivity contribution in [3.05, 3.63) is 23.5 Å². The monoisotopic (exact) mass is 394 g/mol. The van der Waals surface area contributed by atoms with Crippen molar-refractivity contribution in [1.82, 2.24) is 9.80 Å². The Kier molecular flexibility index (Phi) is 14.9. The summed E-state index contributed by atoms with van der Waals surface area (Å²) in [4.78, 5) is 28.3. The van der Waals surface area contributed by atoms with Crippen LogP contribution >= 0.6 is 0 Å². The Hall–Kier alpha value is -1.98. The van der Waals surface area contributed by atoms with Gasteiger partial charge in [-0.3, -0.25) is 9.59 Å². The number of hydrogen-bond donors (Lipinski definition) is 2. The van der Waals surface area contributed by atoms with Gasteiger partial charge >= 0.3 is 0 Å². The zero-order valence-corrected chi connectivity index (χ0v) is 18.5. The second-order valence-electron chi connectivity index (χ2n) is 7.55. The largest absolute Gasteiger partial charge is 0.402 e. The molecule has 2 amide bonds. The Bertz CT molecular complexity index is 461. The lowest BCUT2D eigenvalue weighted by Gasteiger charge is -2.22. The summed E-state index contributed by atoms with van der Waals surface area (Å²) in [6, 6.07) is 0. The highest BCUT2D eigenvalue weighted by Crippen LogP contribution is 2.07. The van der Waals surface area contributed by atoms with Crippen LogP contribution in [0.3, 0.4) is 0 Å². The SMILES string of the molecule is CCCCN(CCCCCCN(CCCC)C(=O)/C=C(/C)N)C(=O)/C=C(/C)N. The van der Waals surface area contributed by atoms with Crippen molar-refractivity contribution in [2.45, 2.75) is 79.1 Å². The molecule has 4 N–H and O–H groups in total. The molecule has 0 aliphatic carbocycles. The predicted octanol–water partition coefficient (Wildman–Crippen LogP) is 3.53. The second kappa shape index (κ2) is 16.0. The Morgan fingerprint density at radius 2 is 0.964 bits per heavy atom. The minimum atomic E-state index is 0.00808. The van der Waals surface area contributed by atoms with E-state index < -0.39 is 0 Å². The van der Waals surface area contributed by atoms with Gasteiger partial charge in [0.25, 0.3) is 0 Å². The van der Waals surface area contributed by atoms with Crippen molar-refractivity contribution in [3.8, 4) is 0 Å². The summed E-state index contributed by atoms with van der Waals surface area (Å²) in [5.41, 5.74) is 12.4. The van der Waals surface area contributed by atoms with Crippen LogP contribution in [0.1, 0.15) is 79.1 Å². The number of amides is 2. The highest BCUT2D eigenvalue weighted by atomic mass is 16.2. The van der Waals surface area contributed by atoms with E-state index >= 15 is 0 Å². The minimum Gasteiger partial charge on any atom is -0.402 e. The van der Waals surface area contributed by atoms with Crippen LogP contribution in [0.4, 0.5) is 0 Å². The van der Waals surface area contributed by atoms with Crippen LogP contribution in [0, 0.1) is 0 Å². The standard InChI is InChI=1S/C22H42N4O2/c1-5-7-13-25(21(27)17-19(3)23)15-11-9-10-12-16-26(14-8-6-2)22(28)18-20(4)24/h17-18H,5-16,23-24H2,1-4H3/b19-17-,20-18-. The molecule has 0 saturated carbocycles. The predicted molar refractivity (Wildman–Crippen MR) is 117 cm³/mol. The molecule has 0 aromatic rings. The lowest BCUT2D eigenvalue weighted by molar-refractivity contribution is -0.127. The van der Waals surface area contributed by atoms with Crippen molar-refractivity contribution < 1.29 is 9.59 Å². The molecule has 0 aromatic heterocycles. The van der Waals surface area contributed by atoms with E-state index in [9.17, 15) is 9.59 Å². The van der Waals surface area contributed by atoms with Gasteiger partial charge in [0.2, 0.25) is 11.8 Å². The summed E-state index contributed by atoms with van der Waals surface area (Å²) in [6.07, 6.45) is 11.2. The number of hydrogen-bond acceptors (Lipinski definition) is 4. The molecular weight excluding hydrogens is 352 g/mol. The molecule has 0 aromatic carbocycles. The van der Waals surface area contributed by atoms with E-state index in [-0.39, 0.29) is 11.8 Å². The van der Waals surface area contributed by atoms with Crippen LogP contribution < -0.4 is 11.5 Å². The van der Waals surface area contributed by atoms with Crippen LogP contribution in [-0.4, -0.2) is 47.8 Å². The molecule has 0 unspecified atom stereocenters. The fourth-order valence-electron chi connectivity index (χ4n) is 2.89. The Balaban J connectivity index is 4.33. The Labute approximate surface area is 172 Å². The third-order valence-corrected chi connectivity index (χ3v) is 4.49. The van der Waals surface area contributed by atoms with Crippen molar-refractivity contribution in [2.24, 2.45) is 11.5 Å². The van der Waals surface area contributed by atoms with Crippen LogP contribution in [0.15, 0.2) is 23.5 Å². The maximum Gasteiger partial charge on any atom is 0.248 e. The topological polar surface area (TPSA) is 92.7 Å². The van der Waals surface area contributed by atoms with E-state index in [0.717, 1.165) is 77.5 Å². The number of carbonyl (C=O) groups excluding carboxylic acids is 2. The second-order valence-corrected chi connectivity index (χ2v) is 7.55. The molecule has 0 spiro atoms. The molecule has 6 heteroatoms. The van der Waals surface area contributed by atoms with Gasteiger partial charge in [-0.1, -0.05) is 39.5 Å². The molecule has 0 bridgehead atoms. The van der Waals surface area contributed by atoms with Crippen molar-refractivity contribution in [3.63, 3.8) is 0 Å². The number of rotatable bonds is 15. The van der Waals surface area contributed by atoms with E-state index in [4.69, 9.17) is 11.5 Å². The van der Waals surface area contributed by atoms with Crippen LogP contribution in [0.2, 0.25) is 0 Å². The van der Waals surface area contributed by atoms with Crippen LogP contribution in [0.5, 0.6) is 0 Å². The smallest absolute Gasteiger partial charge is 0.248 e. The summed E-state index contributed by atoms with van der Waals surface area (Å²) in [6.45, 7) is 10.8. The summed E-state index contributed by atoms with van der Waals surface area (Å²) in [5, 5.41) is 0. The highest BCUT2D eigenvalue weighted by Gasteiger charge is 2.12. The number of nitrogens with two attached hydrogens (primary N) is 2. The summed E-state index contributed by atoms with van der Waals surface area (Å²) in [5.74, 6) is 0.0162. The summed E-state index contributed by atoms with van der Waals surface area (Å²) >= 11 is 0. The average Bonchev–Trinajstić information content (AvgIpc) is 2.61. The van der Waals surface area contributed by atoms with E-state index in [1.807, 2.05) is 9.80 Å². The zero-order valence-electron chi connectivity index (χ0n) is 18.5. The van der Waals surface area contributed by atoms with Gasteiger partial charge in [0, 0.05) is 49.7 Å². The van der Waals surface area contributed by atoms with Crippen molar-refractivity contribution in [2.75, 3.05) is 26.2 Å². The van der Waals surface area contributed by atoms with Gasteiger partial charge in [-0.05, 0) is 39.5 Å². The molecule has 0 rings (SSSR count).